The highest BCUT2D eigenvalue weighted by Gasteiger charge is 2.37. The molecule has 0 spiro atoms. The minimum Gasteiger partial charge on any atom is -0.275 e. The summed E-state index contributed by atoms with van der Waals surface area (Å²) in [6.07, 6.45) is 0. The van der Waals surface area contributed by atoms with E-state index in [-0.39, 0.29) is 16.3 Å². The van der Waals surface area contributed by atoms with Gasteiger partial charge in [-0.25, -0.2) is 9.97 Å². The second-order valence-corrected chi connectivity index (χ2v) is 8.86. The topological polar surface area (TPSA) is 99.4 Å². The number of anilines is 2. The van der Waals surface area contributed by atoms with Crippen LogP contribution in [-0.2, 0) is 10.0 Å². The lowest BCUT2D eigenvalue weighted by Gasteiger charge is -2.18. The standard InChI is InChI=1S/C24H17N5O2S/c1-16-11-13-18(14-12-16)32(30,31)28-23-19(15-25)22-24(29(23)17-7-3-2-4-8-17)27-21-10-6-5-9-20(21)26-22/h2-14,25H,1H3. The van der Waals surface area contributed by atoms with Crippen molar-refractivity contribution in [2.24, 2.45) is 4.40 Å². The van der Waals surface area contributed by atoms with Gasteiger partial charge in [0.05, 0.1) is 15.9 Å². The van der Waals surface area contributed by atoms with Gasteiger partial charge in [-0.1, -0.05) is 48.0 Å². The molecule has 2 heterocycles. The van der Waals surface area contributed by atoms with Crippen molar-refractivity contribution in [3.63, 3.8) is 0 Å². The highest BCUT2D eigenvalue weighted by atomic mass is 32.2. The second-order valence-electron chi connectivity index (χ2n) is 7.26. The Bertz CT molecular complexity index is 1540. The highest BCUT2D eigenvalue weighted by Crippen LogP contribution is 2.40. The zero-order valence-corrected chi connectivity index (χ0v) is 17.8. The number of sulfonamides is 1. The minimum absolute atomic E-state index is 0.0390. The van der Waals surface area contributed by atoms with Gasteiger partial charge in [0, 0.05) is 5.69 Å². The van der Waals surface area contributed by atoms with Gasteiger partial charge in [-0.05, 0) is 49.2 Å². The minimum atomic E-state index is -4.06. The molecule has 8 heteroatoms. The Kier molecular flexibility index (Phi) is 4.66. The van der Waals surface area contributed by atoms with Crippen molar-refractivity contribution in [3.8, 4) is 0 Å². The lowest BCUT2D eigenvalue weighted by atomic mass is 10.2. The number of amidine groups is 1. The largest absolute Gasteiger partial charge is 0.284 e. The number of para-hydroxylation sites is 3. The lowest BCUT2D eigenvalue weighted by Crippen LogP contribution is -2.23. The molecule has 1 N–H and O–H groups in total. The van der Waals surface area contributed by atoms with Crippen LogP contribution < -0.4 is 4.90 Å². The maximum Gasteiger partial charge on any atom is 0.284 e. The summed E-state index contributed by atoms with van der Waals surface area (Å²) in [4.78, 5) is 11.0. The van der Waals surface area contributed by atoms with E-state index in [0.717, 1.165) is 5.56 Å². The maximum atomic E-state index is 13.2. The molecule has 0 amide bonds. The van der Waals surface area contributed by atoms with E-state index in [0.29, 0.717) is 28.2 Å². The van der Waals surface area contributed by atoms with Crippen LogP contribution in [0.1, 0.15) is 11.3 Å². The van der Waals surface area contributed by atoms with Crippen molar-refractivity contribution in [1.82, 2.24) is 9.97 Å². The van der Waals surface area contributed by atoms with Gasteiger partial charge in [0.1, 0.15) is 11.3 Å². The van der Waals surface area contributed by atoms with Crippen LogP contribution in [0.2, 0.25) is 0 Å². The van der Waals surface area contributed by atoms with Crippen LogP contribution in [0.3, 0.4) is 0 Å². The molecule has 7 nitrogen and oxygen atoms in total. The van der Waals surface area contributed by atoms with Crippen molar-refractivity contribution < 1.29 is 8.42 Å². The fourth-order valence-corrected chi connectivity index (χ4v) is 4.52. The van der Waals surface area contributed by atoms with Crippen molar-refractivity contribution in [3.05, 3.63) is 90.1 Å². The Labute approximate surface area is 185 Å². The van der Waals surface area contributed by atoms with E-state index in [2.05, 4.69) is 15.3 Å². The second kappa shape index (κ2) is 7.53. The molecular formula is C24H17N5O2S. The molecule has 1 aliphatic rings. The van der Waals surface area contributed by atoms with Crippen molar-refractivity contribution in [2.75, 3.05) is 4.90 Å². The van der Waals surface area contributed by atoms with Crippen LogP contribution in [0.5, 0.6) is 0 Å². The molecule has 1 aliphatic heterocycles. The summed E-state index contributed by atoms with van der Waals surface area (Å²) in [6, 6.07) is 23.0. The Morgan fingerprint density at radius 1 is 0.875 bits per heavy atom. The van der Waals surface area contributed by atoms with Gasteiger partial charge in [0.2, 0.25) is 0 Å². The number of hydrogen-bond acceptors (Lipinski definition) is 5. The number of benzene rings is 3. The van der Waals surface area contributed by atoms with E-state index in [1.54, 1.807) is 17.0 Å². The van der Waals surface area contributed by atoms with Gasteiger partial charge in [-0.15, -0.1) is 4.40 Å². The number of fused-ring (bicyclic) bond motifs is 2. The number of aryl methyl sites for hydroxylation is 1. The molecule has 0 unspecified atom stereocenters. The summed E-state index contributed by atoms with van der Waals surface area (Å²) in [5, 5.41) is 7.91. The van der Waals surface area contributed by atoms with E-state index in [1.807, 2.05) is 61.5 Å². The van der Waals surface area contributed by atoms with Crippen LogP contribution in [0.25, 0.3) is 16.6 Å². The van der Waals surface area contributed by atoms with Crippen molar-refractivity contribution in [1.29, 1.82) is 5.41 Å². The first-order valence-corrected chi connectivity index (χ1v) is 11.3. The Hall–Kier alpha value is -4.13. The first-order chi connectivity index (χ1) is 15.5. The van der Waals surface area contributed by atoms with E-state index in [9.17, 15) is 8.42 Å². The van der Waals surface area contributed by atoms with Crippen LogP contribution in [-0.4, -0.2) is 30.1 Å². The van der Waals surface area contributed by atoms with Gasteiger partial charge in [0.15, 0.2) is 11.7 Å². The summed E-state index contributed by atoms with van der Waals surface area (Å²) in [5.41, 5.74) is 3.41. The van der Waals surface area contributed by atoms with Gasteiger partial charge >= 0.3 is 0 Å². The molecule has 1 aromatic heterocycles. The van der Waals surface area contributed by atoms with Crippen LogP contribution >= 0.6 is 0 Å². The Morgan fingerprint density at radius 3 is 2.16 bits per heavy atom. The fourth-order valence-electron chi connectivity index (χ4n) is 3.53. The number of aromatic nitrogens is 2. The third-order valence-corrected chi connectivity index (χ3v) is 6.38. The molecular weight excluding hydrogens is 422 g/mol. The summed E-state index contributed by atoms with van der Waals surface area (Å²) in [6.45, 7) is 1.88. The molecule has 4 aromatic rings. The Balaban J connectivity index is 1.78. The number of nitrogens with zero attached hydrogens (tertiary/aromatic N) is 4. The molecule has 0 fully saturated rings. The van der Waals surface area contributed by atoms with E-state index < -0.39 is 10.0 Å². The van der Waals surface area contributed by atoms with E-state index in [1.165, 1.54) is 12.1 Å². The van der Waals surface area contributed by atoms with Gasteiger partial charge in [-0.3, -0.25) is 10.3 Å². The molecule has 3 aromatic carbocycles. The SMILES string of the molecule is Cc1ccc(S(=O)(=O)N=C2C(=C=N)c3nc4ccccc4nc3N2c2ccccc2)cc1. The molecule has 156 valence electrons. The molecule has 0 radical (unpaired) electrons. The maximum absolute atomic E-state index is 13.2. The smallest absolute Gasteiger partial charge is 0.275 e. The third kappa shape index (κ3) is 3.28. The fraction of sp³-hybridized carbons (Fsp3) is 0.0417. The zero-order valence-electron chi connectivity index (χ0n) is 17.0. The average Bonchev–Trinajstić information content (AvgIpc) is 3.09. The average molecular weight is 440 g/mol. The molecule has 0 atom stereocenters. The first kappa shape index (κ1) is 19.8. The summed E-state index contributed by atoms with van der Waals surface area (Å²) in [7, 11) is -4.06. The Morgan fingerprint density at radius 2 is 1.50 bits per heavy atom. The predicted molar refractivity (Wildman–Crippen MR) is 125 cm³/mol. The molecule has 0 aliphatic carbocycles. The predicted octanol–water partition coefficient (Wildman–Crippen LogP) is 4.51. The first-order valence-electron chi connectivity index (χ1n) is 9.82. The summed E-state index contributed by atoms with van der Waals surface area (Å²) in [5.74, 6) is 2.79. The van der Waals surface area contributed by atoms with Crippen LogP contribution in [0.15, 0.2) is 88.2 Å². The molecule has 5 rings (SSSR count). The van der Waals surface area contributed by atoms with Gasteiger partial charge in [0.25, 0.3) is 10.0 Å². The quantitative estimate of drug-likeness (QED) is 0.474. The monoisotopic (exact) mass is 439 g/mol. The zero-order chi connectivity index (χ0) is 22.3. The summed E-state index contributed by atoms with van der Waals surface area (Å²) >= 11 is 0. The molecule has 0 saturated carbocycles. The van der Waals surface area contributed by atoms with Crippen molar-refractivity contribution in [2.45, 2.75) is 11.8 Å². The van der Waals surface area contributed by atoms with Crippen LogP contribution in [0.4, 0.5) is 11.5 Å². The lowest BCUT2D eigenvalue weighted by molar-refractivity contribution is 0.598. The highest BCUT2D eigenvalue weighted by molar-refractivity contribution is 7.90. The molecule has 32 heavy (non-hydrogen) atoms. The number of nitrogens with one attached hydrogen (secondary N) is 1. The third-order valence-electron chi connectivity index (χ3n) is 5.10. The normalized spacial score (nSPS) is 14.6. The molecule has 0 bridgehead atoms. The molecule has 0 saturated heterocycles. The summed E-state index contributed by atoms with van der Waals surface area (Å²) < 4.78 is 30.5. The number of hydrogen-bond donors (Lipinski definition) is 1. The van der Waals surface area contributed by atoms with E-state index >= 15 is 0 Å². The van der Waals surface area contributed by atoms with Crippen LogP contribution in [0, 0.1) is 12.3 Å². The van der Waals surface area contributed by atoms with E-state index in [4.69, 9.17) is 10.4 Å². The van der Waals surface area contributed by atoms with Crippen molar-refractivity contribution >= 4 is 49.8 Å². The van der Waals surface area contributed by atoms with Gasteiger partial charge < -0.3 is 0 Å². The number of rotatable bonds is 3. The van der Waals surface area contributed by atoms with Gasteiger partial charge in [-0.2, -0.15) is 8.42 Å².